The zero-order chi connectivity index (χ0) is 15.4. The maximum absolute atomic E-state index is 11.8. The normalized spacial score (nSPS) is 10.2. The van der Waals surface area contributed by atoms with Gasteiger partial charge in [-0.05, 0) is 17.7 Å². The van der Waals surface area contributed by atoms with Crippen LogP contribution in [0.2, 0.25) is 10.0 Å². The van der Waals surface area contributed by atoms with E-state index in [4.69, 9.17) is 28.6 Å². The fraction of sp³-hybridized carbons (Fsp3) is 0.154. The van der Waals surface area contributed by atoms with Crippen molar-refractivity contribution in [2.45, 2.75) is 6.54 Å². The molecule has 0 atom stereocenters. The van der Waals surface area contributed by atoms with Crippen LogP contribution in [0, 0.1) is 5.41 Å². The van der Waals surface area contributed by atoms with E-state index >= 15 is 0 Å². The number of aromatic amines is 1. The van der Waals surface area contributed by atoms with Crippen molar-refractivity contribution in [1.29, 1.82) is 5.41 Å². The van der Waals surface area contributed by atoms with Gasteiger partial charge < -0.3 is 16.0 Å². The summed E-state index contributed by atoms with van der Waals surface area (Å²) in [6.07, 6.45) is 1.02. The van der Waals surface area contributed by atoms with E-state index in [1.165, 1.54) is 0 Å². The van der Waals surface area contributed by atoms with Gasteiger partial charge in [0.15, 0.2) is 0 Å². The molecule has 0 spiro atoms. The van der Waals surface area contributed by atoms with Crippen LogP contribution in [-0.4, -0.2) is 23.2 Å². The summed E-state index contributed by atoms with van der Waals surface area (Å²) >= 11 is 11.9. The molecule has 0 aliphatic rings. The van der Waals surface area contributed by atoms with E-state index in [0.29, 0.717) is 16.6 Å². The molecule has 1 aromatic carbocycles. The third-order valence-corrected chi connectivity index (χ3v) is 3.38. The summed E-state index contributed by atoms with van der Waals surface area (Å²) in [6, 6.07) is 5.16. The van der Waals surface area contributed by atoms with Crippen LogP contribution >= 0.6 is 23.2 Å². The van der Waals surface area contributed by atoms with Crippen LogP contribution in [0.1, 0.15) is 11.3 Å². The number of halogens is 2. The number of hydrogen-bond donors (Lipinski definition) is 4. The first kappa shape index (κ1) is 15.3. The van der Waals surface area contributed by atoms with E-state index in [1.54, 1.807) is 25.2 Å². The highest BCUT2D eigenvalue weighted by atomic mass is 35.5. The van der Waals surface area contributed by atoms with Crippen molar-refractivity contribution in [3.05, 3.63) is 49.9 Å². The highest BCUT2D eigenvalue weighted by Gasteiger charge is 2.08. The molecule has 0 amide bonds. The Morgan fingerprint density at radius 2 is 2.19 bits per heavy atom. The first-order valence-electron chi connectivity index (χ1n) is 6.05. The van der Waals surface area contributed by atoms with E-state index in [-0.39, 0.29) is 22.9 Å². The Labute approximate surface area is 131 Å². The minimum Gasteiger partial charge on any atom is -0.382 e. The smallest absolute Gasteiger partial charge is 0.276 e. The summed E-state index contributed by atoms with van der Waals surface area (Å²) in [5.74, 6) is 0.267. The molecule has 0 aliphatic carbocycles. The van der Waals surface area contributed by atoms with E-state index in [0.717, 1.165) is 11.8 Å². The Morgan fingerprint density at radius 1 is 1.43 bits per heavy atom. The van der Waals surface area contributed by atoms with Crippen LogP contribution in [0.15, 0.2) is 23.0 Å². The Kier molecular flexibility index (Phi) is 4.82. The second-order valence-electron chi connectivity index (χ2n) is 4.16. The lowest BCUT2D eigenvalue weighted by atomic mass is 10.2. The predicted octanol–water partition coefficient (Wildman–Crippen LogP) is 2.73. The number of benzene rings is 1. The number of nitrogens with one attached hydrogen (secondary N) is 4. The van der Waals surface area contributed by atoms with Gasteiger partial charge in [-0.25, -0.2) is 4.98 Å². The van der Waals surface area contributed by atoms with Crippen LogP contribution in [0.5, 0.6) is 0 Å². The maximum atomic E-state index is 11.8. The van der Waals surface area contributed by atoms with Crippen LogP contribution in [0.4, 0.5) is 11.6 Å². The van der Waals surface area contributed by atoms with E-state index in [2.05, 4.69) is 20.6 Å². The summed E-state index contributed by atoms with van der Waals surface area (Å²) in [5, 5.41) is 14.0. The summed E-state index contributed by atoms with van der Waals surface area (Å²) in [5.41, 5.74) is 0.972. The zero-order valence-corrected chi connectivity index (χ0v) is 12.6. The molecule has 0 saturated heterocycles. The molecule has 0 saturated carbocycles. The highest BCUT2D eigenvalue weighted by molar-refractivity contribution is 6.35. The quantitative estimate of drug-likeness (QED) is 0.636. The van der Waals surface area contributed by atoms with Gasteiger partial charge in [0.05, 0.1) is 0 Å². The molecule has 8 heteroatoms. The number of nitrogens with zero attached hydrogens (tertiary/aromatic N) is 1. The summed E-state index contributed by atoms with van der Waals surface area (Å²) < 4.78 is 0. The van der Waals surface area contributed by atoms with Crippen LogP contribution in [0.25, 0.3) is 0 Å². The Morgan fingerprint density at radius 3 is 2.81 bits per heavy atom. The summed E-state index contributed by atoms with van der Waals surface area (Å²) in [7, 11) is 1.60. The Balaban J connectivity index is 2.22. The lowest BCUT2D eigenvalue weighted by Gasteiger charge is -2.09. The van der Waals surface area contributed by atoms with Gasteiger partial charge in [0.2, 0.25) is 5.95 Å². The number of anilines is 2. The Hall–Kier alpha value is -2.05. The largest absolute Gasteiger partial charge is 0.382 e. The molecular formula is C13H13Cl2N5O. The van der Waals surface area contributed by atoms with Gasteiger partial charge in [-0.15, -0.1) is 0 Å². The van der Waals surface area contributed by atoms with Crippen molar-refractivity contribution < 1.29 is 0 Å². The second kappa shape index (κ2) is 6.60. The van der Waals surface area contributed by atoms with Crippen LogP contribution < -0.4 is 16.2 Å². The van der Waals surface area contributed by atoms with Gasteiger partial charge in [-0.3, -0.25) is 9.78 Å². The number of H-pyrrole nitrogens is 1. The predicted molar refractivity (Wildman–Crippen MR) is 86.1 cm³/mol. The fourth-order valence-electron chi connectivity index (χ4n) is 1.76. The molecule has 4 N–H and O–H groups in total. The minimum atomic E-state index is -0.351. The number of hydrogen-bond acceptors (Lipinski definition) is 5. The van der Waals surface area contributed by atoms with Crippen LogP contribution in [-0.2, 0) is 6.54 Å². The third kappa shape index (κ3) is 3.53. The third-order valence-electron chi connectivity index (χ3n) is 2.80. The average Bonchev–Trinajstić information content (AvgIpc) is 2.45. The van der Waals surface area contributed by atoms with Crippen molar-refractivity contribution in [3.8, 4) is 0 Å². The maximum Gasteiger partial charge on any atom is 0.276 e. The average molecular weight is 326 g/mol. The molecule has 2 rings (SSSR count). The SMILES string of the molecule is CNc1c(C=N)nc(NCc2ccc(Cl)cc2Cl)[nH]c1=O. The summed E-state index contributed by atoms with van der Waals surface area (Å²) in [6.45, 7) is 0.370. The highest BCUT2D eigenvalue weighted by Crippen LogP contribution is 2.21. The van der Waals surface area contributed by atoms with Gasteiger partial charge in [-0.1, -0.05) is 29.3 Å². The molecule has 110 valence electrons. The number of rotatable bonds is 5. The van der Waals surface area contributed by atoms with E-state index in [1.807, 2.05) is 0 Å². The first-order chi connectivity index (χ1) is 10.0. The van der Waals surface area contributed by atoms with Gasteiger partial charge in [-0.2, -0.15) is 0 Å². The molecule has 1 aromatic heterocycles. The molecule has 21 heavy (non-hydrogen) atoms. The van der Waals surface area contributed by atoms with Gasteiger partial charge in [0, 0.05) is 29.9 Å². The van der Waals surface area contributed by atoms with E-state index < -0.39 is 0 Å². The second-order valence-corrected chi connectivity index (χ2v) is 5.00. The van der Waals surface area contributed by atoms with E-state index in [9.17, 15) is 4.79 Å². The first-order valence-corrected chi connectivity index (χ1v) is 6.81. The minimum absolute atomic E-state index is 0.250. The molecule has 0 aliphatic heterocycles. The lowest BCUT2D eigenvalue weighted by molar-refractivity contribution is 1.03. The molecule has 1 heterocycles. The zero-order valence-electron chi connectivity index (χ0n) is 11.1. The standard InChI is InChI=1S/C13H13Cl2N5O/c1-17-11-10(5-16)19-13(20-12(11)21)18-6-7-2-3-8(14)4-9(7)15/h2-5,16-17H,6H2,1H3,(H2,18,19,20,21). The topological polar surface area (TPSA) is 93.7 Å². The monoisotopic (exact) mass is 325 g/mol. The fourth-order valence-corrected chi connectivity index (χ4v) is 2.24. The van der Waals surface area contributed by atoms with Crippen molar-refractivity contribution in [3.63, 3.8) is 0 Å². The van der Waals surface area contributed by atoms with Gasteiger partial charge >= 0.3 is 0 Å². The lowest BCUT2D eigenvalue weighted by Crippen LogP contribution is -2.19. The molecule has 0 radical (unpaired) electrons. The summed E-state index contributed by atoms with van der Waals surface area (Å²) in [4.78, 5) is 18.6. The molecule has 0 fully saturated rings. The molecule has 0 unspecified atom stereocenters. The molecule has 2 aromatic rings. The molecule has 6 nitrogen and oxygen atoms in total. The van der Waals surface area contributed by atoms with Crippen molar-refractivity contribution in [2.75, 3.05) is 17.7 Å². The van der Waals surface area contributed by atoms with Crippen molar-refractivity contribution in [2.24, 2.45) is 0 Å². The van der Waals surface area contributed by atoms with Gasteiger partial charge in [0.25, 0.3) is 5.56 Å². The van der Waals surface area contributed by atoms with Crippen LogP contribution in [0.3, 0.4) is 0 Å². The van der Waals surface area contributed by atoms with Crippen molar-refractivity contribution in [1.82, 2.24) is 9.97 Å². The van der Waals surface area contributed by atoms with Crippen molar-refractivity contribution >= 4 is 41.1 Å². The Bertz CT molecular complexity index is 729. The number of aromatic nitrogens is 2. The molecular weight excluding hydrogens is 313 g/mol. The van der Waals surface area contributed by atoms with Gasteiger partial charge in [0.1, 0.15) is 11.4 Å². The molecule has 0 bridgehead atoms.